The lowest BCUT2D eigenvalue weighted by molar-refractivity contribution is -0.137. The lowest BCUT2D eigenvalue weighted by Gasteiger charge is -2.26. The summed E-state index contributed by atoms with van der Waals surface area (Å²) in [5.74, 6) is 0.806. The number of hydrogen-bond donors (Lipinski definition) is 1. The first-order valence-electron chi connectivity index (χ1n) is 8.65. The molecule has 0 atom stereocenters. The van der Waals surface area contributed by atoms with Crippen molar-refractivity contribution in [3.63, 3.8) is 0 Å². The number of halogens is 3. The Morgan fingerprint density at radius 1 is 1.22 bits per heavy atom. The quantitative estimate of drug-likeness (QED) is 0.444. The highest BCUT2D eigenvalue weighted by atomic mass is 32.2. The zero-order chi connectivity index (χ0) is 19.3. The first-order valence-corrected chi connectivity index (χ1v) is 9.64. The molecule has 27 heavy (non-hydrogen) atoms. The Bertz CT molecular complexity index is 811. The van der Waals surface area contributed by atoms with Gasteiger partial charge in [-0.3, -0.25) is 4.90 Å². The van der Waals surface area contributed by atoms with Gasteiger partial charge in [0.05, 0.1) is 5.56 Å². The third-order valence-corrected chi connectivity index (χ3v) is 5.27. The van der Waals surface area contributed by atoms with E-state index in [0.29, 0.717) is 10.7 Å². The summed E-state index contributed by atoms with van der Waals surface area (Å²) in [5, 5.41) is 9.87. The van der Waals surface area contributed by atoms with Gasteiger partial charge in [-0.2, -0.15) is 18.2 Å². The number of rotatable bonds is 6. The average molecular weight is 395 g/mol. The normalized spacial score (nSPS) is 15.6. The number of benzene rings is 1. The van der Waals surface area contributed by atoms with Crippen molar-refractivity contribution >= 4 is 17.3 Å². The Kier molecular flexibility index (Phi) is 6.38. The number of hydrogen-bond acceptors (Lipinski definition) is 5. The van der Waals surface area contributed by atoms with Crippen LogP contribution in [-0.2, 0) is 6.18 Å². The monoisotopic (exact) mass is 395 g/mol. The van der Waals surface area contributed by atoms with E-state index in [0.717, 1.165) is 49.9 Å². The smallest absolute Gasteiger partial charge is 0.416 e. The molecule has 2 aromatic rings. The van der Waals surface area contributed by atoms with Crippen LogP contribution in [0.4, 0.5) is 13.2 Å². The predicted molar refractivity (Wildman–Crippen MR) is 99.5 cm³/mol. The maximum atomic E-state index is 12.9. The maximum Gasteiger partial charge on any atom is 0.416 e. The van der Waals surface area contributed by atoms with Crippen molar-refractivity contribution in [2.24, 2.45) is 0 Å². The third kappa shape index (κ3) is 5.71. The highest BCUT2D eigenvalue weighted by Gasteiger charge is 2.30. The molecule has 2 heterocycles. The van der Waals surface area contributed by atoms with Crippen LogP contribution in [0.3, 0.4) is 0 Å². The summed E-state index contributed by atoms with van der Waals surface area (Å²) >= 11 is 1.49. The molecule has 0 aliphatic carbocycles. The second-order valence-corrected chi connectivity index (χ2v) is 7.32. The van der Waals surface area contributed by atoms with Crippen molar-refractivity contribution in [2.75, 3.05) is 25.4 Å². The summed E-state index contributed by atoms with van der Waals surface area (Å²) in [6.07, 6.45) is 0.911. The van der Waals surface area contributed by atoms with Gasteiger partial charge in [-0.05, 0) is 42.7 Å². The van der Waals surface area contributed by atoms with Crippen LogP contribution in [0, 0.1) is 0 Å². The molecule has 0 saturated heterocycles. The second-order valence-electron chi connectivity index (χ2n) is 6.26. The topological polar surface area (TPSA) is 49.3 Å². The maximum absolute atomic E-state index is 12.9. The minimum absolute atomic E-state index is 0.0317. The van der Waals surface area contributed by atoms with Crippen LogP contribution in [-0.4, -0.2) is 45.4 Å². The lowest BCUT2D eigenvalue weighted by atomic mass is 9.97. The van der Waals surface area contributed by atoms with Crippen LogP contribution >= 0.6 is 11.8 Å². The van der Waals surface area contributed by atoms with E-state index >= 15 is 0 Å². The minimum Gasteiger partial charge on any atom is -0.493 e. The van der Waals surface area contributed by atoms with E-state index in [1.807, 2.05) is 6.08 Å². The molecule has 8 heteroatoms. The van der Waals surface area contributed by atoms with Crippen molar-refractivity contribution in [1.29, 1.82) is 0 Å². The molecule has 3 rings (SSSR count). The highest BCUT2D eigenvalue weighted by Crippen LogP contribution is 2.32. The van der Waals surface area contributed by atoms with E-state index in [4.69, 9.17) is 0 Å². The number of nitrogens with zero attached hydrogens (tertiary/aromatic N) is 3. The molecule has 4 nitrogen and oxygen atoms in total. The summed E-state index contributed by atoms with van der Waals surface area (Å²) in [6, 6.07) is 6.97. The SMILES string of the molecule is Oc1ccnc(SCCCN2CC=C(c3cccc(C(F)(F)F)c3)CC2)n1. The summed E-state index contributed by atoms with van der Waals surface area (Å²) in [6.45, 7) is 2.46. The van der Waals surface area contributed by atoms with E-state index in [9.17, 15) is 18.3 Å². The van der Waals surface area contributed by atoms with Crippen LogP contribution < -0.4 is 0 Å². The van der Waals surface area contributed by atoms with Crippen LogP contribution in [0.25, 0.3) is 5.57 Å². The van der Waals surface area contributed by atoms with Gasteiger partial charge in [-0.15, -0.1) is 0 Å². The van der Waals surface area contributed by atoms with Crippen molar-refractivity contribution in [1.82, 2.24) is 14.9 Å². The fourth-order valence-corrected chi connectivity index (χ4v) is 3.67. The van der Waals surface area contributed by atoms with Gasteiger partial charge in [-0.25, -0.2) is 4.98 Å². The summed E-state index contributed by atoms with van der Waals surface area (Å²) < 4.78 is 38.6. The molecule has 1 aromatic heterocycles. The first kappa shape index (κ1) is 19.7. The Balaban J connectivity index is 1.47. The van der Waals surface area contributed by atoms with E-state index in [2.05, 4.69) is 14.9 Å². The fraction of sp³-hybridized carbons (Fsp3) is 0.368. The van der Waals surface area contributed by atoms with E-state index in [1.165, 1.54) is 36.2 Å². The molecular formula is C19H20F3N3OS. The Labute approximate surface area is 160 Å². The average Bonchev–Trinajstić information content (AvgIpc) is 2.65. The number of thioether (sulfide) groups is 1. The van der Waals surface area contributed by atoms with Crippen molar-refractivity contribution < 1.29 is 18.3 Å². The summed E-state index contributed by atoms with van der Waals surface area (Å²) in [5.41, 5.74) is 1.02. The number of alkyl halides is 3. The van der Waals surface area contributed by atoms with Gasteiger partial charge in [0.25, 0.3) is 0 Å². The molecule has 0 saturated carbocycles. The largest absolute Gasteiger partial charge is 0.493 e. The standard InChI is InChI=1S/C19H20F3N3OS/c20-19(21,22)16-4-1-3-15(13-16)14-6-10-25(11-7-14)9-2-12-27-18-23-8-5-17(26)24-18/h1,3-6,8,13H,2,7,9-12H2,(H,23,24,26). The molecule has 0 bridgehead atoms. The molecule has 0 amide bonds. The predicted octanol–water partition coefficient (Wildman–Crippen LogP) is 4.47. The molecule has 1 aliphatic heterocycles. The van der Waals surface area contributed by atoms with Gasteiger partial charge in [0, 0.05) is 31.1 Å². The van der Waals surface area contributed by atoms with Gasteiger partial charge < -0.3 is 5.11 Å². The Morgan fingerprint density at radius 3 is 2.78 bits per heavy atom. The molecule has 0 unspecified atom stereocenters. The van der Waals surface area contributed by atoms with Crippen molar-refractivity contribution in [3.05, 3.63) is 53.7 Å². The molecular weight excluding hydrogens is 375 g/mol. The molecule has 0 spiro atoms. The minimum atomic E-state index is -4.31. The molecule has 1 aliphatic rings. The van der Waals surface area contributed by atoms with Crippen molar-refractivity contribution in [3.8, 4) is 5.88 Å². The number of aromatic nitrogens is 2. The van der Waals surface area contributed by atoms with Crippen LogP contribution in [0.5, 0.6) is 5.88 Å². The van der Waals surface area contributed by atoms with E-state index in [-0.39, 0.29) is 5.88 Å². The third-order valence-electron chi connectivity index (χ3n) is 4.32. The molecule has 0 fully saturated rings. The summed E-state index contributed by atoms with van der Waals surface area (Å²) in [7, 11) is 0. The Hall–Kier alpha value is -2.06. The zero-order valence-corrected chi connectivity index (χ0v) is 15.4. The van der Waals surface area contributed by atoms with Crippen LogP contribution in [0.2, 0.25) is 0 Å². The lowest BCUT2D eigenvalue weighted by Crippen LogP contribution is -2.29. The second kappa shape index (κ2) is 8.75. The first-order chi connectivity index (χ1) is 12.9. The molecule has 1 N–H and O–H groups in total. The number of aromatic hydroxyl groups is 1. The van der Waals surface area contributed by atoms with Crippen molar-refractivity contribution in [2.45, 2.75) is 24.2 Å². The van der Waals surface area contributed by atoms with E-state index in [1.54, 1.807) is 6.07 Å². The van der Waals surface area contributed by atoms with Gasteiger partial charge in [0.15, 0.2) is 5.16 Å². The van der Waals surface area contributed by atoms with Gasteiger partial charge in [0.1, 0.15) is 0 Å². The van der Waals surface area contributed by atoms with Gasteiger partial charge in [-0.1, -0.05) is 30.0 Å². The zero-order valence-electron chi connectivity index (χ0n) is 14.6. The highest BCUT2D eigenvalue weighted by molar-refractivity contribution is 7.99. The van der Waals surface area contributed by atoms with Crippen LogP contribution in [0.1, 0.15) is 24.0 Å². The van der Waals surface area contributed by atoms with E-state index < -0.39 is 11.7 Å². The molecule has 144 valence electrons. The summed E-state index contributed by atoms with van der Waals surface area (Å²) in [4.78, 5) is 10.3. The van der Waals surface area contributed by atoms with Gasteiger partial charge in [0.2, 0.25) is 5.88 Å². The molecule has 0 radical (unpaired) electrons. The Morgan fingerprint density at radius 2 is 2.07 bits per heavy atom. The van der Waals surface area contributed by atoms with Crippen LogP contribution in [0.15, 0.2) is 47.8 Å². The fourth-order valence-electron chi connectivity index (χ4n) is 2.92. The molecule has 1 aromatic carbocycles. The van der Waals surface area contributed by atoms with Gasteiger partial charge >= 0.3 is 6.18 Å².